The normalized spacial score (nSPS) is 13.3. The van der Waals surface area contributed by atoms with Crippen LogP contribution in [0, 0.1) is 12.7 Å². The number of hydrogen-bond acceptors (Lipinski definition) is 5. The Kier molecular flexibility index (Phi) is 6.02. The van der Waals surface area contributed by atoms with Crippen LogP contribution in [0.1, 0.15) is 34.8 Å². The third kappa shape index (κ3) is 4.68. The van der Waals surface area contributed by atoms with Gasteiger partial charge in [-0.2, -0.15) is 8.78 Å². The molecule has 32 heavy (non-hydrogen) atoms. The van der Waals surface area contributed by atoms with Crippen LogP contribution < -0.4 is 9.47 Å². The molecule has 0 saturated heterocycles. The first-order chi connectivity index (χ1) is 15.4. The Hall–Kier alpha value is -3.56. The zero-order valence-electron chi connectivity index (χ0n) is 17.5. The first-order valence-corrected chi connectivity index (χ1v) is 9.98. The van der Waals surface area contributed by atoms with E-state index in [1.165, 1.54) is 30.0 Å². The molecule has 4 rings (SSSR count). The molecule has 1 aliphatic rings. The van der Waals surface area contributed by atoms with E-state index < -0.39 is 6.61 Å². The van der Waals surface area contributed by atoms with Crippen molar-refractivity contribution in [2.45, 2.75) is 39.0 Å². The molecule has 1 aliphatic carbocycles. The summed E-state index contributed by atoms with van der Waals surface area (Å²) >= 11 is 0. The zero-order chi connectivity index (χ0) is 22.8. The minimum Gasteiger partial charge on any atom is -0.493 e. The number of benzene rings is 2. The Labute approximate surface area is 182 Å². The molecule has 7 nitrogen and oxygen atoms in total. The third-order valence-electron chi connectivity index (χ3n) is 5.08. The van der Waals surface area contributed by atoms with E-state index >= 15 is 0 Å². The van der Waals surface area contributed by atoms with Gasteiger partial charge in [0.25, 0.3) is 5.91 Å². The van der Waals surface area contributed by atoms with E-state index in [1.807, 2.05) is 0 Å². The van der Waals surface area contributed by atoms with Gasteiger partial charge >= 0.3 is 6.61 Å². The van der Waals surface area contributed by atoms with Crippen LogP contribution in [0.2, 0.25) is 0 Å². The fraction of sp³-hybridized carbons (Fsp3) is 0.318. The highest BCUT2D eigenvalue weighted by Crippen LogP contribution is 2.33. The number of amides is 1. The van der Waals surface area contributed by atoms with Gasteiger partial charge in [0, 0.05) is 12.6 Å². The molecular formula is C22H21F3N4O3. The predicted molar refractivity (Wildman–Crippen MR) is 109 cm³/mol. The molecule has 0 unspecified atom stereocenters. The van der Waals surface area contributed by atoms with Crippen LogP contribution in [0.3, 0.4) is 0 Å². The topological polar surface area (TPSA) is 69.5 Å². The van der Waals surface area contributed by atoms with Crippen molar-refractivity contribution in [2.24, 2.45) is 0 Å². The van der Waals surface area contributed by atoms with Crippen molar-refractivity contribution in [1.82, 2.24) is 19.7 Å². The number of nitrogens with zero attached hydrogens (tertiary/aromatic N) is 4. The monoisotopic (exact) mass is 446 g/mol. The smallest absolute Gasteiger partial charge is 0.387 e. The summed E-state index contributed by atoms with van der Waals surface area (Å²) in [5.74, 6) is -0.118. The van der Waals surface area contributed by atoms with E-state index in [2.05, 4.69) is 14.8 Å². The average molecular weight is 446 g/mol. The van der Waals surface area contributed by atoms with Gasteiger partial charge in [-0.3, -0.25) is 4.79 Å². The summed E-state index contributed by atoms with van der Waals surface area (Å²) < 4.78 is 49.4. The van der Waals surface area contributed by atoms with Gasteiger partial charge in [0.1, 0.15) is 11.6 Å². The maximum absolute atomic E-state index is 13.2. The minimum absolute atomic E-state index is 0.0309. The molecule has 2 aromatic carbocycles. The fourth-order valence-corrected chi connectivity index (χ4v) is 3.39. The number of aromatic nitrogens is 3. The van der Waals surface area contributed by atoms with Gasteiger partial charge in [-0.05, 0) is 61.7 Å². The number of ether oxygens (including phenoxy) is 2. The van der Waals surface area contributed by atoms with Crippen LogP contribution in [-0.2, 0) is 6.54 Å². The summed E-state index contributed by atoms with van der Waals surface area (Å²) in [4.78, 5) is 19.2. The van der Waals surface area contributed by atoms with Crippen molar-refractivity contribution in [1.29, 1.82) is 0 Å². The van der Waals surface area contributed by atoms with Gasteiger partial charge in [-0.15, -0.1) is 5.10 Å². The summed E-state index contributed by atoms with van der Waals surface area (Å²) in [6.07, 6.45) is 1.71. The number of methoxy groups -OCH3 is 1. The summed E-state index contributed by atoms with van der Waals surface area (Å²) in [5, 5.41) is 4.33. The summed E-state index contributed by atoms with van der Waals surface area (Å²) in [6.45, 7) is -1.02. The largest absolute Gasteiger partial charge is 0.493 e. The lowest BCUT2D eigenvalue weighted by molar-refractivity contribution is -0.0512. The van der Waals surface area contributed by atoms with Crippen LogP contribution >= 0.6 is 0 Å². The zero-order valence-corrected chi connectivity index (χ0v) is 17.5. The van der Waals surface area contributed by atoms with Gasteiger partial charge in [0.15, 0.2) is 11.5 Å². The molecule has 0 spiro atoms. The van der Waals surface area contributed by atoms with Crippen LogP contribution in [0.15, 0.2) is 42.5 Å². The average Bonchev–Trinajstić information content (AvgIpc) is 3.54. The van der Waals surface area contributed by atoms with Crippen LogP contribution in [0.5, 0.6) is 11.5 Å². The molecule has 0 bridgehead atoms. The molecule has 1 amide bonds. The maximum atomic E-state index is 13.2. The highest BCUT2D eigenvalue weighted by molar-refractivity contribution is 5.91. The van der Waals surface area contributed by atoms with E-state index in [4.69, 9.17) is 4.74 Å². The molecule has 0 aliphatic heterocycles. The number of rotatable bonds is 8. The molecule has 10 heteroatoms. The first kappa shape index (κ1) is 21.7. The number of carbonyl (C=O) groups excluding carboxylic acids is 1. The molecule has 1 saturated carbocycles. The predicted octanol–water partition coefficient (Wildman–Crippen LogP) is 4.13. The van der Waals surface area contributed by atoms with E-state index in [0.29, 0.717) is 17.1 Å². The van der Waals surface area contributed by atoms with E-state index in [9.17, 15) is 18.0 Å². The van der Waals surface area contributed by atoms with Crippen LogP contribution in [-0.4, -0.2) is 45.3 Å². The summed E-state index contributed by atoms with van der Waals surface area (Å²) in [5.41, 5.74) is 1.28. The Morgan fingerprint density at radius 1 is 1.19 bits per heavy atom. The lowest BCUT2D eigenvalue weighted by Crippen LogP contribution is -2.33. The Bertz CT molecular complexity index is 1110. The number of aryl methyl sites for hydroxylation is 1. The van der Waals surface area contributed by atoms with Crippen molar-refractivity contribution in [3.05, 3.63) is 65.5 Å². The van der Waals surface area contributed by atoms with Crippen molar-refractivity contribution in [3.63, 3.8) is 0 Å². The number of carbonyl (C=O) groups is 1. The Morgan fingerprint density at radius 3 is 2.53 bits per heavy atom. The molecular weight excluding hydrogens is 425 g/mol. The highest BCUT2D eigenvalue weighted by atomic mass is 19.3. The van der Waals surface area contributed by atoms with Crippen molar-refractivity contribution in [3.8, 4) is 17.2 Å². The van der Waals surface area contributed by atoms with E-state index in [1.54, 1.807) is 36.1 Å². The molecule has 0 radical (unpaired) electrons. The van der Waals surface area contributed by atoms with Crippen molar-refractivity contribution < 1.29 is 27.4 Å². The lowest BCUT2D eigenvalue weighted by atomic mass is 10.2. The molecule has 0 N–H and O–H groups in total. The van der Waals surface area contributed by atoms with Crippen LogP contribution in [0.4, 0.5) is 13.2 Å². The fourth-order valence-electron chi connectivity index (χ4n) is 3.39. The van der Waals surface area contributed by atoms with Gasteiger partial charge in [0.2, 0.25) is 5.82 Å². The maximum Gasteiger partial charge on any atom is 0.387 e. The summed E-state index contributed by atoms with van der Waals surface area (Å²) in [7, 11) is 1.36. The first-order valence-electron chi connectivity index (χ1n) is 9.98. The molecule has 168 valence electrons. The second-order valence-corrected chi connectivity index (χ2v) is 7.40. The number of alkyl halides is 2. The standard InChI is InChI=1S/C22H21F3N4O3/c1-13-26-20(27-29(13)17-6-4-15(23)5-7-17)21(30)28(16-8-9-16)12-14-3-10-18(32-22(24)25)19(11-14)31-2/h3-7,10-11,16,22H,8-9,12H2,1-2H3. The molecule has 1 fully saturated rings. The molecule has 0 atom stereocenters. The lowest BCUT2D eigenvalue weighted by Gasteiger charge is -2.21. The molecule has 1 aromatic heterocycles. The van der Waals surface area contributed by atoms with Crippen molar-refractivity contribution in [2.75, 3.05) is 7.11 Å². The van der Waals surface area contributed by atoms with Crippen LogP contribution in [0.25, 0.3) is 5.69 Å². The van der Waals surface area contributed by atoms with Gasteiger partial charge in [-0.1, -0.05) is 6.07 Å². The molecule has 3 aromatic rings. The Balaban J connectivity index is 1.57. The summed E-state index contributed by atoms with van der Waals surface area (Å²) in [6, 6.07) is 10.3. The number of hydrogen-bond donors (Lipinski definition) is 0. The quantitative estimate of drug-likeness (QED) is 0.521. The van der Waals surface area contributed by atoms with Crippen molar-refractivity contribution >= 4 is 5.91 Å². The van der Waals surface area contributed by atoms with E-state index in [0.717, 1.165) is 12.8 Å². The minimum atomic E-state index is -2.97. The highest BCUT2D eigenvalue weighted by Gasteiger charge is 2.35. The SMILES string of the molecule is COc1cc(CN(C(=O)c2nc(C)n(-c3ccc(F)cc3)n2)C2CC2)ccc1OC(F)F. The third-order valence-corrected chi connectivity index (χ3v) is 5.08. The van der Waals surface area contributed by atoms with Gasteiger partial charge in [-0.25, -0.2) is 14.1 Å². The Morgan fingerprint density at radius 2 is 1.91 bits per heavy atom. The van der Waals surface area contributed by atoms with E-state index in [-0.39, 0.29) is 41.6 Å². The second kappa shape index (κ2) is 8.89. The number of halogens is 3. The van der Waals surface area contributed by atoms with Gasteiger partial charge in [0.05, 0.1) is 12.8 Å². The van der Waals surface area contributed by atoms with Gasteiger partial charge < -0.3 is 14.4 Å². The molecule has 1 heterocycles. The second-order valence-electron chi connectivity index (χ2n) is 7.40.